The molecule has 1 aromatic heterocycles. The number of hydrogen-bond acceptors (Lipinski definition) is 4. The first-order valence-electron chi connectivity index (χ1n) is 9.60. The van der Waals surface area contributed by atoms with E-state index in [0.717, 1.165) is 5.56 Å². The van der Waals surface area contributed by atoms with Crippen molar-refractivity contribution in [1.29, 1.82) is 0 Å². The van der Waals surface area contributed by atoms with Crippen LogP contribution in [-0.2, 0) is 4.79 Å². The van der Waals surface area contributed by atoms with E-state index in [1.54, 1.807) is 43.5 Å². The molecule has 0 spiro atoms. The van der Waals surface area contributed by atoms with Gasteiger partial charge in [-0.2, -0.15) is 0 Å². The number of amides is 2. The standard InChI is InChI=1S/C24H24N2O4/c1-17(18-7-4-3-5-8-18)16-25-24(28)22(15-21-9-6-14-30-21)26-23(27)19-10-12-20(29-2)13-11-19/h3-15,17H,16H2,1-2H3,(H,25,28)(H,26,27)/b22-15-/t17-/m1/s1. The van der Waals surface area contributed by atoms with E-state index in [9.17, 15) is 9.59 Å². The van der Waals surface area contributed by atoms with Gasteiger partial charge in [0.25, 0.3) is 11.8 Å². The minimum atomic E-state index is -0.401. The first-order valence-corrected chi connectivity index (χ1v) is 9.60. The summed E-state index contributed by atoms with van der Waals surface area (Å²) in [6.45, 7) is 2.46. The fraction of sp³-hybridized carbons (Fsp3) is 0.167. The summed E-state index contributed by atoms with van der Waals surface area (Å²) >= 11 is 0. The first kappa shape index (κ1) is 20.9. The summed E-state index contributed by atoms with van der Waals surface area (Å²) in [5, 5.41) is 5.57. The zero-order valence-electron chi connectivity index (χ0n) is 16.9. The van der Waals surface area contributed by atoms with E-state index in [1.165, 1.54) is 12.3 Å². The van der Waals surface area contributed by atoms with Gasteiger partial charge in [-0.15, -0.1) is 0 Å². The van der Waals surface area contributed by atoms with Crippen molar-refractivity contribution in [3.8, 4) is 5.75 Å². The van der Waals surface area contributed by atoms with Gasteiger partial charge in [-0.3, -0.25) is 9.59 Å². The minimum absolute atomic E-state index is 0.103. The Bertz CT molecular complexity index is 993. The molecule has 0 radical (unpaired) electrons. The molecule has 3 rings (SSSR count). The molecule has 6 heteroatoms. The van der Waals surface area contributed by atoms with E-state index >= 15 is 0 Å². The van der Waals surface area contributed by atoms with Crippen molar-refractivity contribution >= 4 is 17.9 Å². The van der Waals surface area contributed by atoms with Crippen LogP contribution in [0.15, 0.2) is 83.1 Å². The summed E-state index contributed by atoms with van der Waals surface area (Å²) in [7, 11) is 1.56. The van der Waals surface area contributed by atoms with Gasteiger partial charge in [0.15, 0.2) is 0 Å². The van der Waals surface area contributed by atoms with Crippen molar-refractivity contribution in [1.82, 2.24) is 10.6 Å². The zero-order valence-corrected chi connectivity index (χ0v) is 16.9. The molecule has 154 valence electrons. The highest BCUT2D eigenvalue weighted by molar-refractivity contribution is 6.05. The molecule has 3 aromatic rings. The number of benzene rings is 2. The van der Waals surface area contributed by atoms with Gasteiger partial charge >= 0.3 is 0 Å². The molecule has 0 fully saturated rings. The lowest BCUT2D eigenvalue weighted by atomic mass is 10.0. The van der Waals surface area contributed by atoms with E-state index in [2.05, 4.69) is 10.6 Å². The van der Waals surface area contributed by atoms with E-state index in [4.69, 9.17) is 9.15 Å². The molecule has 1 heterocycles. The van der Waals surface area contributed by atoms with Crippen LogP contribution in [0.5, 0.6) is 5.75 Å². The summed E-state index contributed by atoms with van der Waals surface area (Å²) in [4.78, 5) is 25.5. The largest absolute Gasteiger partial charge is 0.497 e. The minimum Gasteiger partial charge on any atom is -0.497 e. The van der Waals surface area contributed by atoms with Crippen molar-refractivity contribution < 1.29 is 18.7 Å². The SMILES string of the molecule is COc1ccc(C(=O)N/C(=C\c2ccco2)C(=O)NC[C@@H](C)c2ccccc2)cc1. The van der Waals surface area contributed by atoms with Crippen LogP contribution in [-0.4, -0.2) is 25.5 Å². The highest BCUT2D eigenvalue weighted by Gasteiger charge is 2.16. The van der Waals surface area contributed by atoms with Crippen LogP contribution >= 0.6 is 0 Å². The molecule has 2 aromatic carbocycles. The molecule has 0 bridgehead atoms. The number of methoxy groups -OCH3 is 1. The van der Waals surface area contributed by atoms with E-state index in [1.807, 2.05) is 37.3 Å². The molecule has 2 amide bonds. The Labute approximate surface area is 175 Å². The lowest BCUT2D eigenvalue weighted by molar-refractivity contribution is -0.117. The molecule has 1 atom stereocenters. The number of ether oxygens (including phenoxy) is 1. The molecular formula is C24H24N2O4. The Morgan fingerprint density at radius 2 is 1.77 bits per heavy atom. The third-order valence-corrected chi connectivity index (χ3v) is 4.61. The number of carbonyl (C=O) groups is 2. The predicted molar refractivity (Wildman–Crippen MR) is 115 cm³/mol. The van der Waals surface area contributed by atoms with Gasteiger partial charge in [-0.25, -0.2) is 0 Å². The van der Waals surface area contributed by atoms with Gasteiger partial charge < -0.3 is 19.8 Å². The lowest BCUT2D eigenvalue weighted by Crippen LogP contribution is -2.36. The average molecular weight is 404 g/mol. The number of rotatable bonds is 8. The number of furan rings is 1. The Morgan fingerprint density at radius 3 is 2.40 bits per heavy atom. The van der Waals surface area contributed by atoms with Gasteiger partial charge in [0.2, 0.25) is 0 Å². The van der Waals surface area contributed by atoms with Gasteiger partial charge in [0.1, 0.15) is 17.2 Å². The molecule has 30 heavy (non-hydrogen) atoms. The lowest BCUT2D eigenvalue weighted by Gasteiger charge is -2.15. The molecule has 6 nitrogen and oxygen atoms in total. The van der Waals surface area contributed by atoms with E-state index in [0.29, 0.717) is 23.6 Å². The summed E-state index contributed by atoms with van der Waals surface area (Å²) in [6, 6.07) is 20.0. The second-order valence-electron chi connectivity index (χ2n) is 6.78. The summed E-state index contributed by atoms with van der Waals surface area (Å²) in [5.41, 5.74) is 1.63. The second kappa shape index (κ2) is 10.1. The number of carbonyl (C=O) groups excluding carboxylic acids is 2. The molecule has 0 saturated carbocycles. The quantitative estimate of drug-likeness (QED) is 0.557. The monoisotopic (exact) mass is 404 g/mol. The Balaban J connectivity index is 1.71. The van der Waals surface area contributed by atoms with E-state index < -0.39 is 11.8 Å². The Hall–Kier alpha value is -3.80. The van der Waals surface area contributed by atoms with Gasteiger partial charge in [-0.05, 0) is 47.9 Å². The third kappa shape index (κ3) is 5.61. The van der Waals surface area contributed by atoms with Gasteiger partial charge in [-0.1, -0.05) is 37.3 Å². The summed E-state index contributed by atoms with van der Waals surface area (Å²) in [6.07, 6.45) is 3.01. The van der Waals surface area contributed by atoms with Crippen molar-refractivity contribution in [2.75, 3.05) is 13.7 Å². The van der Waals surface area contributed by atoms with Crippen LogP contribution < -0.4 is 15.4 Å². The number of hydrogen-bond donors (Lipinski definition) is 2. The number of nitrogens with one attached hydrogen (secondary N) is 2. The van der Waals surface area contributed by atoms with Crippen molar-refractivity contribution in [2.45, 2.75) is 12.8 Å². The van der Waals surface area contributed by atoms with Crippen LogP contribution in [0.3, 0.4) is 0 Å². The molecule has 2 N–H and O–H groups in total. The van der Waals surface area contributed by atoms with Crippen LogP contribution in [0.25, 0.3) is 6.08 Å². The van der Waals surface area contributed by atoms with Crippen LogP contribution in [0.2, 0.25) is 0 Å². The normalized spacial score (nSPS) is 12.1. The van der Waals surface area contributed by atoms with Crippen LogP contribution in [0.1, 0.15) is 34.5 Å². The van der Waals surface area contributed by atoms with Crippen molar-refractivity contribution in [3.05, 3.63) is 95.6 Å². The average Bonchev–Trinajstić information content (AvgIpc) is 3.30. The van der Waals surface area contributed by atoms with E-state index in [-0.39, 0.29) is 11.6 Å². The van der Waals surface area contributed by atoms with Crippen molar-refractivity contribution in [3.63, 3.8) is 0 Å². The smallest absolute Gasteiger partial charge is 0.267 e. The summed E-state index contributed by atoms with van der Waals surface area (Å²) in [5.74, 6) is 0.437. The van der Waals surface area contributed by atoms with Gasteiger partial charge in [0, 0.05) is 18.2 Å². The highest BCUT2D eigenvalue weighted by atomic mass is 16.5. The fourth-order valence-electron chi connectivity index (χ4n) is 2.85. The maximum absolute atomic E-state index is 12.8. The van der Waals surface area contributed by atoms with Crippen molar-refractivity contribution in [2.24, 2.45) is 0 Å². The topological polar surface area (TPSA) is 80.6 Å². The Kier molecular flexibility index (Phi) is 7.05. The third-order valence-electron chi connectivity index (χ3n) is 4.61. The molecule has 0 saturated heterocycles. The summed E-state index contributed by atoms with van der Waals surface area (Å²) < 4.78 is 10.4. The van der Waals surface area contributed by atoms with Crippen LogP contribution in [0.4, 0.5) is 0 Å². The molecular weight excluding hydrogens is 380 g/mol. The first-order chi connectivity index (χ1) is 14.6. The van der Waals surface area contributed by atoms with Crippen LogP contribution in [0, 0.1) is 0 Å². The molecule has 0 aliphatic carbocycles. The molecule has 0 unspecified atom stereocenters. The predicted octanol–water partition coefficient (Wildman–Crippen LogP) is 3.98. The fourth-order valence-corrected chi connectivity index (χ4v) is 2.85. The second-order valence-corrected chi connectivity index (χ2v) is 6.78. The zero-order chi connectivity index (χ0) is 21.3. The highest BCUT2D eigenvalue weighted by Crippen LogP contribution is 2.15. The van der Waals surface area contributed by atoms with Gasteiger partial charge in [0.05, 0.1) is 13.4 Å². The Morgan fingerprint density at radius 1 is 1.03 bits per heavy atom. The molecule has 0 aliphatic rings. The maximum Gasteiger partial charge on any atom is 0.267 e. The molecule has 0 aliphatic heterocycles. The maximum atomic E-state index is 12.8.